The van der Waals surface area contributed by atoms with Crippen molar-refractivity contribution >= 4 is 33.1 Å². The van der Waals surface area contributed by atoms with Crippen molar-refractivity contribution in [3.63, 3.8) is 0 Å². The Labute approximate surface area is 122 Å². The first-order valence-electron chi connectivity index (χ1n) is 6.75. The molecule has 0 aliphatic heterocycles. The largest absolute Gasteiger partial charge is 0.397 e. The molecule has 1 atom stereocenters. The Morgan fingerprint density at radius 2 is 2.10 bits per heavy atom. The van der Waals surface area contributed by atoms with E-state index in [1.807, 2.05) is 13.8 Å². The van der Waals surface area contributed by atoms with E-state index in [1.165, 1.54) is 11.3 Å². The Morgan fingerprint density at radius 3 is 2.75 bits per heavy atom. The van der Waals surface area contributed by atoms with E-state index in [2.05, 4.69) is 29.4 Å². The summed E-state index contributed by atoms with van der Waals surface area (Å²) >= 11 is 1.30. The smallest absolute Gasteiger partial charge is 0.263 e. The van der Waals surface area contributed by atoms with Crippen LogP contribution in [0.1, 0.15) is 41.2 Å². The molecule has 0 aliphatic carbocycles. The number of nitrogens with two attached hydrogens (primary N) is 1. The van der Waals surface area contributed by atoms with Gasteiger partial charge in [-0.25, -0.2) is 0 Å². The van der Waals surface area contributed by atoms with Crippen LogP contribution in [-0.2, 0) is 0 Å². The molecule has 108 valence electrons. The summed E-state index contributed by atoms with van der Waals surface area (Å²) in [4.78, 5) is 13.5. The Hall–Kier alpha value is -1.69. The van der Waals surface area contributed by atoms with Gasteiger partial charge in [-0.2, -0.15) is 5.10 Å². The predicted octanol–water partition coefficient (Wildman–Crippen LogP) is 2.67. The van der Waals surface area contributed by atoms with E-state index in [0.717, 1.165) is 27.9 Å². The van der Waals surface area contributed by atoms with Gasteiger partial charge < -0.3 is 11.1 Å². The number of aromatic nitrogens is 2. The molecule has 0 aliphatic rings. The molecular weight excluding hydrogens is 272 g/mol. The number of hydrogen-bond acceptors (Lipinski definition) is 5. The highest BCUT2D eigenvalue weighted by Gasteiger charge is 2.19. The van der Waals surface area contributed by atoms with Gasteiger partial charge >= 0.3 is 0 Å². The molecule has 2 rings (SSSR count). The summed E-state index contributed by atoms with van der Waals surface area (Å²) in [5.74, 6) is 0.334. The lowest BCUT2D eigenvalue weighted by Gasteiger charge is -2.09. The fourth-order valence-corrected chi connectivity index (χ4v) is 2.92. The number of amides is 1. The number of hydrogen-bond donors (Lipinski definition) is 2. The maximum Gasteiger partial charge on any atom is 0.263 e. The maximum atomic E-state index is 12.2. The summed E-state index contributed by atoms with van der Waals surface area (Å²) in [7, 11) is 0. The number of thiophene rings is 1. The number of carbonyl (C=O) groups excluding carboxylic acids is 1. The number of carbonyl (C=O) groups is 1. The molecule has 1 unspecified atom stereocenters. The van der Waals surface area contributed by atoms with Gasteiger partial charge in [0, 0.05) is 11.9 Å². The first-order chi connectivity index (χ1) is 9.45. The molecule has 0 fully saturated rings. The lowest BCUT2D eigenvalue weighted by Crippen LogP contribution is -2.27. The molecule has 0 saturated carbocycles. The standard InChI is InChI=1S/C14H20N4OS/c1-5-7(2)6-16-13(19)12-11(15)10-8(3)9(4)17-18-14(10)20-12/h7H,5-6,15H2,1-4H3,(H,16,19). The average Bonchev–Trinajstić information content (AvgIpc) is 2.77. The van der Waals surface area contributed by atoms with E-state index in [4.69, 9.17) is 5.73 Å². The van der Waals surface area contributed by atoms with Crippen LogP contribution in [0.25, 0.3) is 10.2 Å². The minimum Gasteiger partial charge on any atom is -0.397 e. The number of fused-ring (bicyclic) bond motifs is 1. The minimum atomic E-state index is -0.122. The molecule has 0 radical (unpaired) electrons. The topological polar surface area (TPSA) is 80.9 Å². The predicted molar refractivity (Wildman–Crippen MR) is 83.1 cm³/mol. The lowest BCUT2D eigenvalue weighted by atomic mass is 10.1. The van der Waals surface area contributed by atoms with Crippen LogP contribution in [0.3, 0.4) is 0 Å². The molecule has 0 spiro atoms. The zero-order chi connectivity index (χ0) is 14.9. The second-order valence-corrected chi connectivity index (χ2v) is 6.16. The Balaban J connectivity index is 2.34. The third kappa shape index (κ3) is 2.60. The summed E-state index contributed by atoms with van der Waals surface area (Å²) in [6.07, 6.45) is 1.03. The van der Waals surface area contributed by atoms with Crippen LogP contribution in [0.2, 0.25) is 0 Å². The molecule has 0 saturated heterocycles. The third-order valence-electron chi connectivity index (χ3n) is 3.65. The second-order valence-electron chi connectivity index (χ2n) is 5.16. The summed E-state index contributed by atoms with van der Waals surface area (Å²) in [6, 6.07) is 0. The van der Waals surface area contributed by atoms with Gasteiger partial charge in [0.05, 0.1) is 11.4 Å². The van der Waals surface area contributed by atoms with Gasteiger partial charge in [0.1, 0.15) is 9.71 Å². The minimum absolute atomic E-state index is 0.122. The normalized spacial score (nSPS) is 12.6. The third-order valence-corrected chi connectivity index (χ3v) is 4.74. The van der Waals surface area contributed by atoms with E-state index in [-0.39, 0.29) is 5.91 Å². The fourth-order valence-electron chi connectivity index (χ4n) is 1.90. The van der Waals surface area contributed by atoms with Crippen LogP contribution in [-0.4, -0.2) is 22.6 Å². The van der Waals surface area contributed by atoms with E-state index < -0.39 is 0 Å². The molecule has 2 heterocycles. The van der Waals surface area contributed by atoms with Crippen molar-refractivity contribution in [3.05, 3.63) is 16.1 Å². The molecule has 2 aromatic heterocycles. The van der Waals surface area contributed by atoms with Crippen LogP contribution in [0.15, 0.2) is 0 Å². The quantitative estimate of drug-likeness (QED) is 0.907. The van der Waals surface area contributed by atoms with Gasteiger partial charge in [0.15, 0.2) is 0 Å². The fraction of sp³-hybridized carbons (Fsp3) is 0.500. The van der Waals surface area contributed by atoms with Crippen LogP contribution in [0.5, 0.6) is 0 Å². The van der Waals surface area contributed by atoms with Crippen LogP contribution < -0.4 is 11.1 Å². The van der Waals surface area contributed by atoms with Crippen LogP contribution in [0, 0.1) is 19.8 Å². The van der Waals surface area contributed by atoms with Crippen molar-refractivity contribution in [1.29, 1.82) is 0 Å². The van der Waals surface area contributed by atoms with Gasteiger partial charge in [-0.05, 0) is 25.3 Å². The zero-order valence-electron chi connectivity index (χ0n) is 12.3. The van der Waals surface area contributed by atoms with Crippen molar-refractivity contribution in [2.45, 2.75) is 34.1 Å². The summed E-state index contributed by atoms with van der Waals surface area (Å²) in [5, 5.41) is 12.0. The molecule has 20 heavy (non-hydrogen) atoms. The van der Waals surface area contributed by atoms with Gasteiger partial charge in [0.25, 0.3) is 5.91 Å². The van der Waals surface area contributed by atoms with Crippen LogP contribution in [0.4, 0.5) is 5.69 Å². The van der Waals surface area contributed by atoms with Crippen molar-refractivity contribution < 1.29 is 4.79 Å². The molecule has 3 N–H and O–H groups in total. The SMILES string of the molecule is CCC(C)CNC(=O)c1sc2nnc(C)c(C)c2c1N. The molecule has 2 aromatic rings. The van der Waals surface area contributed by atoms with E-state index in [9.17, 15) is 4.79 Å². The number of aryl methyl sites for hydroxylation is 2. The Morgan fingerprint density at radius 1 is 1.40 bits per heavy atom. The molecule has 5 nitrogen and oxygen atoms in total. The average molecular weight is 292 g/mol. The summed E-state index contributed by atoms with van der Waals surface area (Å²) in [6.45, 7) is 8.71. The van der Waals surface area contributed by atoms with Gasteiger partial charge in [-0.3, -0.25) is 4.79 Å². The molecule has 6 heteroatoms. The van der Waals surface area contributed by atoms with Gasteiger partial charge in [0.2, 0.25) is 0 Å². The Kier molecular flexibility index (Phi) is 4.23. The van der Waals surface area contributed by atoms with E-state index in [1.54, 1.807) is 0 Å². The zero-order valence-corrected chi connectivity index (χ0v) is 13.1. The number of anilines is 1. The summed E-state index contributed by atoms with van der Waals surface area (Å²) < 4.78 is 0. The number of nitrogens with zero attached hydrogens (tertiary/aromatic N) is 2. The Bertz CT molecular complexity index is 650. The highest BCUT2D eigenvalue weighted by Crippen LogP contribution is 2.34. The maximum absolute atomic E-state index is 12.2. The number of nitrogen functional groups attached to an aromatic ring is 1. The lowest BCUT2D eigenvalue weighted by molar-refractivity contribution is 0.0953. The van der Waals surface area contributed by atoms with Crippen LogP contribution >= 0.6 is 11.3 Å². The first kappa shape index (κ1) is 14.7. The highest BCUT2D eigenvalue weighted by molar-refractivity contribution is 7.21. The number of rotatable bonds is 4. The van der Waals surface area contributed by atoms with E-state index >= 15 is 0 Å². The van der Waals surface area contributed by atoms with E-state index in [0.29, 0.717) is 23.0 Å². The molecular formula is C14H20N4OS. The second kappa shape index (κ2) is 5.75. The first-order valence-corrected chi connectivity index (χ1v) is 7.57. The van der Waals surface area contributed by atoms with Crippen molar-refractivity contribution in [1.82, 2.24) is 15.5 Å². The van der Waals surface area contributed by atoms with Gasteiger partial charge in [-0.1, -0.05) is 20.3 Å². The summed E-state index contributed by atoms with van der Waals surface area (Å²) in [5.41, 5.74) is 8.48. The molecule has 0 aromatic carbocycles. The molecule has 1 amide bonds. The van der Waals surface area contributed by atoms with Gasteiger partial charge in [-0.15, -0.1) is 16.4 Å². The highest BCUT2D eigenvalue weighted by atomic mass is 32.1. The molecule has 0 bridgehead atoms. The van der Waals surface area contributed by atoms with Crippen molar-refractivity contribution in [2.75, 3.05) is 12.3 Å². The van der Waals surface area contributed by atoms with Crippen molar-refractivity contribution in [3.8, 4) is 0 Å². The number of nitrogens with one attached hydrogen (secondary N) is 1. The van der Waals surface area contributed by atoms with Crippen molar-refractivity contribution in [2.24, 2.45) is 5.92 Å². The monoisotopic (exact) mass is 292 g/mol.